The summed E-state index contributed by atoms with van der Waals surface area (Å²) in [7, 11) is 0. The molecule has 0 radical (unpaired) electrons. The highest BCUT2D eigenvalue weighted by Crippen LogP contribution is 2.25. The van der Waals surface area contributed by atoms with Gasteiger partial charge in [0.2, 0.25) is 0 Å². The molecule has 3 unspecified atom stereocenters. The molecule has 0 aromatic carbocycles. The molecule has 1 heterocycles. The molecule has 0 amide bonds. The molecule has 1 saturated heterocycles. The molecule has 0 saturated carbocycles. The van der Waals surface area contributed by atoms with Gasteiger partial charge < -0.3 is 5.32 Å². The lowest BCUT2D eigenvalue weighted by Crippen LogP contribution is -2.53. The second-order valence-corrected chi connectivity index (χ2v) is 7.36. The van der Waals surface area contributed by atoms with Gasteiger partial charge in [0, 0.05) is 25.2 Å². The van der Waals surface area contributed by atoms with Crippen molar-refractivity contribution in [2.24, 2.45) is 11.3 Å². The van der Waals surface area contributed by atoms with Crippen molar-refractivity contribution in [3.8, 4) is 0 Å². The van der Waals surface area contributed by atoms with Crippen LogP contribution < -0.4 is 5.32 Å². The summed E-state index contributed by atoms with van der Waals surface area (Å²) in [4.78, 5) is 2.70. The minimum Gasteiger partial charge on any atom is -0.312 e. The van der Waals surface area contributed by atoms with E-state index in [4.69, 9.17) is 0 Å². The lowest BCUT2D eigenvalue weighted by atomic mass is 9.85. The van der Waals surface area contributed by atoms with E-state index in [1.807, 2.05) is 0 Å². The highest BCUT2D eigenvalue weighted by atomic mass is 15.2. The predicted molar refractivity (Wildman–Crippen MR) is 81.0 cm³/mol. The van der Waals surface area contributed by atoms with E-state index >= 15 is 0 Å². The molecule has 0 aliphatic carbocycles. The van der Waals surface area contributed by atoms with Gasteiger partial charge in [-0.3, -0.25) is 4.90 Å². The van der Waals surface area contributed by atoms with Crippen molar-refractivity contribution in [2.75, 3.05) is 19.6 Å². The molecule has 1 rings (SSSR count). The highest BCUT2D eigenvalue weighted by Gasteiger charge is 2.30. The third-order valence-electron chi connectivity index (χ3n) is 4.35. The Kier molecular flexibility index (Phi) is 6.13. The zero-order valence-electron chi connectivity index (χ0n) is 13.4. The van der Waals surface area contributed by atoms with Gasteiger partial charge in [-0.1, -0.05) is 34.6 Å². The number of likely N-dealkylation sites (tertiary alicyclic amines) is 1. The average Bonchev–Trinajstić information content (AvgIpc) is 2.27. The monoisotopic (exact) mass is 254 g/mol. The summed E-state index contributed by atoms with van der Waals surface area (Å²) in [6, 6.07) is 1.36. The van der Waals surface area contributed by atoms with E-state index in [0.29, 0.717) is 11.5 Å². The van der Waals surface area contributed by atoms with E-state index in [9.17, 15) is 0 Å². The second-order valence-electron chi connectivity index (χ2n) is 7.36. The summed E-state index contributed by atoms with van der Waals surface area (Å²) in [6.45, 7) is 17.7. The Hall–Kier alpha value is -0.0800. The molecule has 0 aromatic heterocycles. The maximum absolute atomic E-state index is 3.75. The van der Waals surface area contributed by atoms with Crippen LogP contribution in [0.15, 0.2) is 0 Å². The van der Waals surface area contributed by atoms with Crippen LogP contribution in [0.4, 0.5) is 0 Å². The first-order chi connectivity index (χ1) is 8.34. The maximum atomic E-state index is 3.75. The molecule has 1 aliphatic heterocycles. The molecule has 0 spiro atoms. The van der Waals surface area contributed by atoms with Crippen molar-refractivity contribution in [3.05, 3.63) is 0 Å². The molecular weight excluding hydrogens is 220 g/mol. The normalized spacial score (nSPS) is 28.3. The van der Waals surface area contributed by atoms with E-state index in [1.54, 1.807) is 0 Å². The Labute approximate surface area is 115 Å². The van der Waals surface area contributed by atoms with Crippen molar-refractivity contribution < 1.29 is 0 Å². The molecule has 3 atom stereocenters. The van der Waals surface area contributed by atoms with Gasteiger partial charge >= 0.3 is 0 Å². The summed E-state index contributed by atoms with van der Waals surface area (Å²) >= 11 is 0. The average molecular weight is 254 g/mol. The van der Waals surface area contributed by atoms with Crippen molar-refractivity contribution in [2.45, 2.75) is 72.9 Å². The summed E-state index contributed by atoms with van der Waals surface area (Å²) < 4.78 is 0. The SMILES string of the molecule is CCCNC(CN1CC(C)CCC1C)C(C)(C)C. The van der Waals surface area contributed by atoms with Gasteiger partial charge in [-0.15, -0.1) is 0 Å². The number of nitrogens with zero attached hydrogens (tertiary/aromatic N) is 1. The number of hydrogen-bond donors (Lipinski definition) is 1. The van der Waals surface area contributed by atoms with E-state index in [2.05, 4.69) is 51.8 Å². The van der Waals surface area contributed by atoms with Crippen LogP contribution >= 0.6 is 0 Å². The molecule has 2 nitrogen and oxygen atoms in total. The van der Waals surface area contributed by atoms with Gasteiger partial charge in [-0.05, 0) is 44.1 Å². The summed E-state index contributed by atoms with van der Waals surface area (Å²) in [6.07, 6.45) is 3.99. The molecule has 1 aliphatic rings. The van der Waals surface area contributed by atoms with Crippen molar-refractivity contribution in [3.63, 3.8) is 0 Å². The van der Waals surface area contributed by atoms with Crippen LogP contribution in [-0.4, -0.2) is 36.6 Å². The van der Waals surface area contributed by atoms with Gasteiger partial charge in [-0.2, -0.15) is 0 Å². The smallest absolute Gasteiger partial charge is 0.0243 e. The fourth-order valence-corrected chi connectivity index (χ4v) is 2.83. The Morgan fingerprint density at radius 1 is 1.22 bits per heavy atom. The molecule has 1 N–H and O–H groups in total. The highest BCUT2D eigenvalue weighted by molar-refractivity contribution is 4.87. The van der Waals surface area contributed by atoms with Crippen molar-refractivity contribution in [1.82, 2.24) is 10.2 Å². The van der Waals surface area contributed by atoms with Crippen LogP contribution in [-0.2, 0) is 0 Å². The lowest BCUT2D eigenvalue weighted by Gasteiger charge is -2.42. The van der Waals surface area contributed by atoms with Crippen LogP contribution in [0.5, 0.6) is 0 Å². The van der Waals surface area contributed by atoms with E-state index in [-0.39, 0.29) is 0 Å². The first kappa shape index (κ1) is 16.0. The quantitative estimate of drug-likeness (QED) is 0.807. The van der Waals surface area contributed by atoms with Crippen molar-refractivity contribution >= 4 is 0 Å². The van der Waals surface area contributed by atoms with Gasteiger partial charge in [0.05, 0.1) is 0 Å². The third-order valence-corrected chi connectivity index (χ3v) is 4.35. The van der Waals surface area contributed by atoms with Gasteiger partial charge in [0.1, 0.15) is 0 Å². The zero-order chi connectivity index (χ0) is 13.8. The summed E-state index contributed by atoms with van der Waals surface area (Å²) in [5.41, 5.74) is 0.343. The van der Waals surface area contributed by atoms with Gasteiger partial charge in [0.25, 0.3) is 0 Å². The maximum Gasteiger partial charge on any atom is 0.0243 e. The minimum absolute atomic E-state index is 0.343. The number of piperidine rings is 1. The van der Waals surface area contributed by atoms with E-state index in [1.165, 1.54) is 32.4 Å². The van der Waals surface area contributed by atoms with Crippen molar-refractivity contribution in [1.29, 1.82) is 0 Å². The molecule has 2 heteroatoms. The predicted octanol–water partition coefficient (Wildman–Crippen LogP) is 3.52. The molecular formula is C16H34N2. The summed E-state index contributed by atoms with van der Waals surface area (Å²) in [5.74, 6) is 0.869. The second kappa shape index (κ2) is 6.91. The topological polar surface area (TPSA) is 15.3 Å². The molecule has 0 aromatic rings. The fourth-order valence-electron chi connectivity index (χ4n) is 2.83. The van der Waals surface area contributed by atoms with Gasteiger partial charge in [-0.25, -0.2) is 0 Å². The molecule has 108 valence electrons. The molecule has 1 fully saturated rings. The Morgan fingerprint density at radius 2 is 1.89 bits per heavy atom. The Morgan fingerprint density at radius 3 is 2.44 bits per heavy atom. The largest absolute Gasteiger partial charge is 0.312 e. The first-order valence-electron chi connectivity index (χ1n) is 7.82. The van der Waals surface area contributed by atoms with Crippen LogP contribution in [0.2, 0.25) is 0 Å². The minimum atomic E-state index is 0.343. The molecule has 0 bridgehead atoms. The van der Waals surface area contributed by atoms with E-state index < -0.39 is 0 Å². The standard InChI is InChI=1S/C16H34N2/c1-7-10-17-15(16(4,5)6)12-18-11-13(2)8-9-14(18)3/h13-15,17H,7-12H2,1-6H3. The van der Waals surface area contributed by atoms with Crippen LogP contribution in [0.25, 0.3) is 0 Å². The number of rotatable bonds is 5. The zero-order valence-corrected chi connectivity index (χ0v) is 13.4. The van der Waals surface area contributed by atoms with Gasteiger partial charge in [0.15, 0.2) is 0 Å². The lowest BCUT2D eigenvalue weighted by molar-refractivity contribution is 0.0880. The molecule has 18 heavy (non-hydrogen) atoms. The Bertz CT molecular complexity index is 232. The number of hydrogen-bond acceptors (Lipinski definition) is 2. The number of nitrogens with one attached hydrogen (secondary N) is 1. The fraction of sp³-hybridized carbons (Fsp3) is 1.00. The van der Waals surface area contributed by atoms with E-state index in [0.717, 1.165) is 18.5 Å². The van der Waals surface area contributed by atoms with Crippen LogP contribution in [0.3, 0.4) is 0 Å². The first-order valence-corrected chi connectivity index (χ1v) is 7.82. The third kappa shape index (κ3) is 4.89. The van der Waals surface area contributed by atoms with Crippen LogP contribution in [0.1, 0.15) is 60.8 Å². The Balaban J connectivity index is 2.58. The summed E-state index contributed by atoms with van der Waals surface area (Å²) in [5, 5.41) is 3.75. The van der Waals surface area contributed by atoms with Crippen LogP contribution in [0, 0.1) is 11.3 Å².